The topological polar surface area (TPSA) is 49.3 Å². The third kappa shape index (κ3) is 3.06. The molecule has 1 amide bonds. The number of hydrogen-bond acceptors (Lipinski definition) is 2. The van der Waals surface area contributed by atoms with Crippen molar-refractivity contribution in [3.63, 3.8) is 0 Å². The van der Waals surface area contributed by atoms with E-state index in [1.165, 1.54) is 5.56 Å². The van der Waals surface area contributed by atoms with Gasteiger partial charge >= 0.3 is 0 Å². The molecule has 0 aliphatic heterocycles. The fraction of sp³-hybridized carbons (Fsp3) is 0.235. The number of carbonyl (C=O) groups excluding carboxylic acids is 1. The largest absolute Gasteiger partial charge is 0.289 e. The maximum atomic E-state index is 12.0. The standard InChI is InChI=1S/C17H19NO2/c1-12(2)13-8-10-15(11-9-13)16(17(19)18-20)14-6-4-3-5-7-14/h3-12,16,20H,1-2H3,(H,18,19). The van der Waals surface area contributed by atoms with Crippen LogP contribution in [0.3, 0.4) is 0 Å². The van der Waals surface area contributed by atoms with Gasteiger partial charge in [-0.2, -0.15) is 0 Å². The Labute approximate surface area is 119 Å². The Hall–Kier alpha value is -2.13. The Morgan fingerprint density at radius 2 is 1.40 bits per heavy atom. The molecule has 2 rings (SSSR count). The average molecular weight is 269 g/mol. The van der Waals surface area contributed by atoms with Gasteiger partial charge in [-0.15, -0.1) is 0 Å². The van der Waals surface area contributed by atoms with Gasteiger partial charge in [-0.1, -0.05) is 68.4 Å². The van der Waals surface area contributed by atoms with Crippen molar-refractivity contribution in [2.75, 3.05) is 0 Å². The van der Waals surface area contributed by atoms with Crippen LogP contribution in [0.1, 0.15) is 42.4 Å². The molecule has 2 aromatic carbocycles. The molecule has 2 N–H and O–H groups in total. The molecule has 0 aliphatic rings. The van der Waals surface area contributed by atoms with Crippen LogP contribution in [-0.4, -0.2) is 11.1 Å². The lowest BCUT2D eigenvalue weighted by Crippen LogP contribution is -2.27. The highest BCUT2D eigenvalue weighted by Crippen LogP contribution is 2.26. The maximum absolute atomic E-state index is 12.0. The lowest BCUT2D eigenvalue weighted by Gasteiger charge is -2.16. The molecule has 0 fully saturated rings. The first-order chi connectivity index (χ1) is 9.63. The van der Waals surface area contributed by atoms with Crippen molar-refractivity contribution < 1.29 is 10.0 Å². The van der Waals surface area contributed by atoms with E-state index < -0.39 is 11.8 Å². The van der Waals surface area contributed by atoms with Gasteiger partial charge in [0.05, 0.1) is 5.92 Å². The van der Waals surface area contributed by atoms with Crippen LogP contribution in [0, 0.1) is 0 Å². The minimum Gasteiger partial charge on any atom is -0.289 e. The lowest BCUT2D eigenvalue weighted by molar-refractivity contribution is -0.129. The molecule has 3 heteroatoms. The number of amides is 1. The Morgan fingerprint density at radius 3 is 1.90 bits per heavy atom. The molecule has 104 valence electrons. The first kappa shape index (κ1) is 14.3. The van der Waals surface area contributed by atoms with E-state index >= 15 is 0 Å². The summed E-state index contributed by atoms with van der Waals surface area (Å²) in [6.07, 6.45) is 0. The second kappa shape index (κ2) is 6.35. The van der Waals surface area contributed by atoms with Crippen molar-refractivity contribution in [3.05, 3.63) is 71.3 Å². The Bertz CT molecular complexity index is 561. The van der Waals surface area contributed by atoms with Gasteiger partial charge in [0, 0.05) is 0 Å². The number of hydrogen-bond donors (Lipinski definition) is 2. The Balaban J connectivity index is 2.39. The Morgan fingerprint density at radius 1 is 0.900 bits per heavy atom. The van der Waals surface area contributed by atoms with E-state index in [0.717, 1.165) is 11.1 Å². The number of hydroxylamine groups is 1. The number of rotatable bonds is 4. The second-order valence-electron chi connectivity index (χ2n) is 5.14. The van der Waals surface area contributed by atoms with Crippen LogP contribution in [0.5, 0.6) is 0 Å². The van der Waals surface area contributed by atoms with Crippen molar-refractivity contribution in [2.45, 2.75) is 25.7 Å². The van der Waals surface area contributed by atoms with Gasteiger partial charge in [-0.3, -0.25) is 10.0 Å². The van der Waals surface area contributed by atoms with Gasteiger partial charge in [0.15, 0.2) is 0 Å². The minimum atomic E-state index is -0.498. The molecule has 0 aliphatic carbocycles. The summed E-state index contributed by atoms with van der Waals surface area (Å²) in [4.78, 5) is 12.0. The molecule has 0 aromatic heterocycles. The molecule has 0 saturated heterocycles. The first-order valence-corrected chi connectivity index (χ1v) is 6.72. The summed E-state index contributed by atoms with van der Waals surface area (Å²) < 4.78 is 0. The van der Waals surface area contributed by atoms with Crippen LogP contribution in [0.2, 0.25) is 0 Å². The second-order valence-corrected chi connectivity index (χ2v) is 5.14. The molecule has 20 heavy (non-hydrogen) atoms. The summed E-state index contributed by atoms with van der Waals surface area (Å²) in [6.45, 7) is 4.26. The van der Waals surface area contributed by atoms with Crippen LogP contribution in [0.4, 0.5) is 0 Å². The van der Waals surface area contributed by atoms with Gasteiger partial charge in [-0.05, 0) is 22.6 Å². The van der Waals surface area contributed by atoms with Crippen LogP contribution in [-0.2, 0) is 4.79 Å². The van der Waals surface area contributed by atoms with Crippen molar-refractivity contribution in [2.24, 2.45) is 0 Å². The molecule has 0 radical (unpaired) electrons. The third-order valence-corrected chi connectivity index (χ3v) is 3.44. The molecule has 1 atom stereocenters. The van der Waals surface area contributed by atoms with Gasteiger partial charge < -0.3 is 0 Å². The zero-order chi connectivity index (χ0) is 14.5. The highest BCUT2D eigenvalue weighted by molar-refractivity contribution is 5.86. The smallest absolute Gasteiger partial charge is 0.255 e. The van der Waals surface area contributed by atoms with Crippen molar-refractivity contribution in [1.82, 2.24) is 5.48 Å². The quantitative estimate of drug-likeness (QED) is 0.659. The summed E-state index contributed by atoms with van der Waals surface area (Å²) in [5.74, 6) is -0.471. The summed E-state index contributed by atoms with van der Waals surface area (Å²) in [5, 5.41) is 8.97. The van der Waals surface area contributed by atoms with Gasteiger partial charge in [0.25, 0.3) is 5.91 Å². The summed E-state index contributed by atoms with van der Waals surface area (Å²) >= 11 is 0. The highest BCUT2D eigenvalue weighted by Gasteiger charge is 2.22. The molecule has 0 bridgehead atoms. The maximum Gasteiger partial charge on any atom is 0.255 e. The minimum absolute atomic E-state index is 0.423. The van der Waals surface area contributed by atoms with E-state index in [4.69, 9.17) is 5.21 Å². The molecule has 1 unspecified atom stereocenters. The fourth-order valence-electron chi connectivity index (χ4n) is 2.28. The van der Waals surface area contributed by atoms with Crippen molar-refractivity contribution >= 4 is 5.91 Å². The van der Waals surface area contributed by atoms with E-state index in [1.807, 2.05) is 54.6 Å². The Kier molecular flexibility index (Phi) is 4.53. The number of carbonyl (C=O) groups is 1. The zero-order valence-corrected chi connectivity index (χ0v) is 11.7. The molecule has 3 nitrogen and oxygen atoms in total. The van der Waals surface area contributed by atoms with Gasteiger partial charge in [-0.25, -0.2) is 5.48 Å². The molecule has 0 saturated carbocycles. The van der Waals surface area contributed by atoms with Crippen LogP contribution < -0.4 is 5.48 Å². The average Bonchev–Trinajstić information content (AvgIpc) is 2.49. The number of nitrogens with one attached hydrogen (secondary N) is 1. The summed E-state index contributed by atoms with van der Waals surface area (Å²) in [7, 11) is 0. The molecular formula is C17H19NO2. The zero-order valence-electron chi connectivity index (χ0n) is 11.7. The summed E-state index contributed by atoms with van der Waals surface area (Å²) in [6, 6.07) is 17.4. The van der Waals surface area contributed by atoms with E-state index in [0.29, 0.717) is 5.92 Å². The SMILES string of the molecule is CC(C)c1ccc(C(C(=O)NO)c2ccccc2)cc1. The van der Waals surface area contributed by atoms with Gasteiger partial charge in [0.1, 0.15) is 0 Å². The van der Waals surface area contributed by atoms with Crippen molar-refractivity contribution in [1.29, 1.82) is 0 Å². The normalized spacial score (nSPS) is 12.2. The fourth-order valence-corrected chi connectivity index (χ4v) is 2.28. The van der Waals surface area contributed by atoms with Gasteiger partial charge in [0.2, 0.25) is 0 Å². The predicted octanol–water partition coefficient (Wildman–Crippen LogP) is 3.45. The van der Waals surface area contributed by atoms with Crippen LogP contribution >= 0.6 is 0 Å². The summed E-state index contributed by atoms with van der Waals surface area (Å²) in [5.41, 5.74) is 4.71. The number of benzene rings is 2. The lowest BCUT2D eigenvalue weighted by atomic mass is 9.89. The molecule has 0 spiro atoms. The third-order valence-electron chi connectivity index (χ3n) is 3.44. The van der Waals surface area contributed by atoms with E-state index in [2.05, 4.69) is 13.8 Å². The molecule has 2 aromatic rings. The monoisotopic (exact) mass is 269 g/mol. The van der Waals surface area contributed by atoms with Crippen LogP contribution in [0.25, 0.3) is 0 Å². The highest BCUT2D eigenvalue weighted by atomic mass is 16.5. The van der Waals surface area contributed by atoms with Crippen molar-refractivity contribution in [3.8, 4) is 0 Å². The van der Waals surface area contributed by atoms with E-state index in [-0.39, 0.29) is 0 Å². The van der Waals surface area contributed by atoms with E-state index in [1.54, 1.807) is 5.48 Å². The molecule has 0 heterocycles. The van der Waals surface area contributed by atoms with E-state index in [9.17, 15) is 4.79 Å². The predicted molar refractivity (Wildman–Crippen MR) is 78.7 cm³/mol. The molecular weight excluding hydrogens is 250 g/mol. The first-order valence-electron chi connectivity index (χ1n) is 6.72. The van der Waals surface area contributed by atoms with Crippen LogP contribution in [0.15, 0.2) is 54.6 Å².